The molecular formula is C15H21NO4S. The summed E-state index contributed by atoms with van der Waals surface area (Å²) in [6.45, 7) is 2.38. The van der Waals surface area contributed by atoms with Crippen LogP contribution < -0.4 is 10.1 Å². The molecule has 0 fully saturated rings. The molecule has 116 valence electrons. The summed E-state index contributed by atoms with van der Waals surface area (Å²) < 4.78 is 5.08. The van der Waals surface area contributed by atoms with Gasteiger partial charge in [-0.05, 0) is 24.1 Å². The van der Waals surface area contributed by atoms with E-state index in [1.165, 1.54) is 11.8 Å². The molecule has 21 heavy (non-hydrogen) atoms. The van der Waals surface area contributed by atoms with Gasteiger partial charge in [0.05, 0.1) is 19.3 Å². The number of ether oxygens (including phenoxy) is 1. The molecule has 5 nitrogen and oxygen atoms in total. The number of benzene rings is 1. The van der Waals surface area contributed by atoms with Crippen molar-refractivity contribution in [3.8, 4) is 5.75 Å². The fourth-order valence-electron chi connectivity index (χ4n) is 1.71. The second kappa shape index (κ2) is 9.28. The van der Waals surface area contributed by atoms with E-state index in [0.717, 1.165) is 17.7 Å². The minimum Gasteiger partial charge on any atom is -0.497 e. The van der Waals surface area contributed by atoms with Crippen LogP contribution in [0.4, 0.5) is 0 Å². The number of hydrogen-bond acceptors (Lipinski definition) is 4. The van der Waals surface area contributed by atoms with E-state index in [0.29, 0.717) is 6.54 Å². The number of rotatable bonds is 9. The summed E-state index contributed by atoms with van der Waals surface area (Å²) in [7, 11) is 1.62. The Morgan fingerprint density at radius 1 is 1.33 bits per heavy atom. The van der Waals surface area contributed by atoms with E-state index in [-0.39, 0.29) is 23.3 Å². The molecule has 6 heteroatoms. The summed E-state index contributed by atoms with van der Waals surface area (Å²) in [5.74, 6) is 0.198. The predicted molar refractivity (Wildman–Crippen MR) is 83.9 cm³/mol. The Kier molecular flexibility index (Phi) is 7.68. The van der Waals surface area contributed by atoms with Crippen molar-refractivity contribution in [3.05, 3.63) is 29.8 Å². The molecule has 1 atom stereocenters. The van der Waals surface area contributed by atoms with Crippen LogP contribution in [0.25, 0.3) is 0 Å². The smallest absolute Gasteiger partial charge is 0.304 e. The van der Waals surface area contributed by atoms with Gasteiger partial charge >= 0.3 is 5.97 Å². The van der Waals surface area contributed by atoms with E-state index in [2.05, 4.69) is 5.32 Å². The van der Waals surface area contributed by atoms with Crippen molar-refractivity contribution in [1.29, 1.82) is 0 Å². The average molecular weight is 311 g/mol. The third-order valence-corrected chi connectivity index (χ3v) is 4.02. The SMILES string of the molecule is COc1ccc(CCNC(=O)CSC(C)CC(=O)O)cc1. The van der Waals surface area contributed by atoms with Crippen molar-refractivity contribution in [3.63, 3.8) is 0 Å². The fraction of sp³-hybridized carbons (Fsp3) is 0.467. The number of carbonyl (C=O) groups excluding carboxylic acids is 1. The van der Waals surface area contributed by atoms with Crippen molar-refractivity contribution < 1.29 is 19.4 Å². The van der Waals surface area contributed by atoms with Gasteiger partial charge in [-0.3, -0.25) is 9.59 Å². The lowest BCUT2D eigenvalue weighted by Gasteiger charge is -2.09. The molecule has 1 unspecified atom stereocenters. The molecule has 1 rings (SSSR count). The van der Waals surface area contributed by atoms with Crippen molar-refractivity contribution in [1.82, 2.24) is 5.32 Å². The minimum atomic E-state index is -0.838. The lowest BCUT2D eigenvalue weighted by Crippen LogP contribution is -2.28. The molecule has 1 amide bonds. The highest BCUT2D eigenvalue weighted by atomic mass is 32.2. The van der Waals surface area contributed by atoms with Crippen LogP contribution in [-0.4, -0.2) is 41.6 Å². The number of aliphatic carboxylic acids is 1. The third kappa shape index (κ3) is 7.60. The Morgan fingerprint density at radius 3 is 2.57 bits per heavy atom. The molecular weight excluding hydrogens is 290 g/mol. The summed E-state index contributed by atoms with van der Waals surface area (Å²) in [5, 5.41) is 11.4. The number of carboxylic acids is 1. The predicted octanol–water partition coefficient (Wildman–Crippen LogP) is 1.95. The Labute approximate surface area is 129 Å². The molecule has 2 N–H and O–H groups in total. The number of thioether (sulfide) groups is 1. The molecule has 1 aromatic rings. The van der Waals surface area contributed by atoms with E-state index in [1.54, 1.807) is 7.11 Å². The maximum Gasteiger partial charge on any atom is 0.304 e. The highest BCUT2D eigenvalue weighted by Gasteiger charge is 2.10. The van der Waals surface area contributed by atoms with Crippen LogP contribution >= 0.6 is 11.8 Å². The summed E-state index contributed by atoms with van der Waals surface area (Å²) in [4.78, 5) is 22.1. The van der Waals surface area contributed by atoms with Crippen molar-refractivity contribution in [2.24, 2.45) is 0 Å². The highest BCUT2D eigenvalue weighted by Crippen LogP contribution is 2.13. The highest BCUT2D eigenvalue weighted by molar-refractivity contribution is 8.00. The molecule has 0 aliphatic heterocycles. The quantitative estimate of drug-likeness (QED) is 0.729. The molecule has 0 radical (unpaired) electrons. The van der Waals surface area contributed by atoms with Gasteiger partial charge in [0, 0.05) is 11.8 Å². The summed E-state index contributed by atoms with van der Waals surface area (Å²) in [5.41, 5.74) is 1.13. The lowest BCUT2D eigenvalue weighted by molar-refractivity contribution is -0.136. The first-order valence-electron chi connectivity index (χ1n) is 6.74. The molecule has 0 aliphatic carbocycles. The monoisotopic (exact) mass is 311 g/mol. The average Bonchev–Trinajstić information content (AvgIpc) is 2.45. The van der Waals surface area contributed by atoms with Crippen LogP contribution in [-0.2, 0) is 16.0 Å². The van der Waals surface area contributed by atoms with Gasteiger partial charge in [0.2, 0.25) is 5.91 Å². The number of carboxylic acid groups (broad SMARTS) is 1. The topological polar surface area (TPSA) is 75.6 Å². The second-order valence-corrected chi connectivity index (χ2v) is 6.09. The van der Waals surface area contributed by atoms with Crippen LogP contribution in [0.1, 0.15) is 18.9 Å². The van der Waals surface area contributed by atoms with Crippen LogP contribution in [0, 0.1) is 0 Å². The van der Waals surface area contributed by atoms with Crippen LogP contribution in [0.5, 0.6) is 5.75 Å². The largest absolute Gasteiger partial charge is 0.497 e. The molecule has 0 aliphatic rings. The second-order valence-electron chi connectivity index (χ2n) is 4.67. The van der Waals surface area contributed by atoms with Gasteiger partial charge in [0.1, 0.15) is 5.75 Å². The zero-order valence-corrected chi connectivity index (χ0v) is 13.1. The first-order chi connectivity index (χ1) is 10.0. The van der Waals surface area contributed by atoms with E-state index in [4.69, 9.17) is 9.84 Å². The van der Waals surface area contributed by atoms with Crippen LogP contribution in [0.15, 0.2) is 24.3 Å². The fourth-order valence-corrected chi connectivity index (χ4v) is 2.51. The number of methoxy groups -OCH3 is 1. The Bertz CT molecular complexity index is 461. The number of carbonyl (C=O) groups is 2. The lowest BCUT2D eigenvalue weighted by atomic mass is 10.1. The van der Waals surface area contributed by atoms with E-state index in [1.807, 2.05) is 31.2 Å². The summed E-state index contributed by atoms with van der Waals surface area (Å²) in [6, 6.07) is 7.71. The summed E-state index contributed by atoms with van der Waals surface area (Å²) in [6.07, 6.45) is 0.828. The number of nitrogens with one attached hydrogen (secondary N) is 1. The zero-order chi connectivity index (χ0) is 15.7. The molecule has 0 saturated heterocycles. The maximum absolute atomic E-state index is 11.6. The Hall–Kier alpha value is -1.69. The van der Waals surface area contributed by atoms with Gasteiger partial charge in [-0.1, -0.05) is 19.1 Å². The third-order valence-electron chi connectivity index (χ3n) is 2.86. The van der Waals surface area contributed by atoms with Gasteiger partial charge in [0.25, 0.3) is 0 Å². The van der Waals surface area contributed by atoms with Gasteiger partial charge in [0.15, 0.2) is 0 Å². The van der Waals surface area contributed by atoms with Crippen molar-refractivity contribution in [2.45, 2.75) is 25.0 Å². The van der Waals surface area contributed by atoms with Crippen molar-refractivity contribution >= 4 is 23.6 Å². The van der Waals surface area contributed by atoms with E-state index in [9.17, 15) is 9.59 Å². The Morgan fingerprint density at radius 2 is 2.00 bits per heavy atom. The number of hydrogen-bond donors (Lipinski definition) is 2. The van der Waals surface area contributed by atoms with Crippen molar-refractivity contribution in [2.75, 3.05) is 19.4 Å². The van der Waals surface area contributed by atoms with Gasteiger partial charge in [-0.15, -0.1) is 11.8 Å². The van der Waals surface area contributed by atoms with Crippen LogP contribution in [0.3, 0.4) is 0 Å². The molecule has 1 aromatic carbocycles. The van der Waals surface area contributed by atoms with Gasteiger partial charge in [-0.25, -0.2) is 0 Å². The minimum absolute atomic E-state index is 0.0603. The molecule has 0 saturated carbocycles. The van der Waals surface area contributed by atoms with Gasteiger partial charge in [-0.2, -0.15) is 0 Å². The molecule has 0 aromatic heterocycles. The van der Waals surface area contributed by atoms with Gasteiger partial charge < -0.3 is 15.2 Å². The first-order valence-corrected chi connectivity index (χ1v) is 7.79. The molecule has 0 heterocycles. The maximum atomic E-state index is 11.6. The van der Waals surface area contributed by atoms with Crippen LogP contribution in [0.2, 0.25) is 0 Å². The van der Waals surface area contributed by atoms with E-state index >= 15 is 0 Å². The number of amides is 1. The zero-order valence-electron chi connectivity index (χ0n) is 12.3. The standard InChI is InChI=1S/C15H21NO4S/c1-11(9-15(18)19)21-10-14(17)16-8-7-12-3-5-13(20-2)6-4-12/h3-6,11H,7-10H2,1-2H3,(H,16,17)(H,18,19). The van der Waals surface area contributed by atoms with E-state index < -0.39 is 5.97 Å². The Balaban J connectivity index is 2.19. The first kappa shape index (κ1) is 17.4. The normalized spacial score (nSPS) is 11.7. The summed E-state index contributed by atoms with van der Waals surface area (Å²) >= 11 is 1.35. The molecule has 0 spiro atoms. The molecule has 0 bridgehead atoms.